The third kappa shape index (κ3) is 4.56. The van der Waals surface area contributed by atoms with Crippen molar-refractivity contribution in [3.05, 3.63) is 204 Å². The predicted molar refractivity (Wildman–Crippen MR) is 236 cm³/mol. The molecular weight excluding hydrogens is 677 g/mol. The van der Waals surface area contributed by atoms with Gasteiger partial charge in [-0.25, -0.2) is 0 Å². The molecule has 0 saturated heterocycles. The average Bonchev–Trinajstić information content (AvgIpc) is 3.79. The molecule has 0 bridgehead atoms. The molecule has 1 heterocycles. The minimum Gasteiger partial charge on any atom is -0.310 e. The van der Waals surface area contributed by atoms with Gasteiger partial charge < -0.3 is 9.47 Å². The first-order chi connectivity index (χ1) is 27.3. The van der Waals surface area contributed by atoms with Crippen molar-refractivity contribution in [2.24, 2.45) is 0 Å². The van der Waals surface area contributed by atoms with Crippen LogP contribution in [0.3, 0.4) is 0 Å². The second-order valence-corrected chi connectivity index (χ2v) is 16.5. The maximum absolute atomic E-state index is 2.55. The van der Waals surface area contributed by atoms with Crippen molar-refractivity contribution in [2.45, 2.75) is 38.5 Å². The fourth-order valence-corrected chi connectivity index (χ4v) is 10.2. The zero-order valence-corrected chi connectivity index (χ0v) is 32.2. The zero-order valence-electron chi connectivity index (χ0n) is 32.2. The predicted octanol–water partition coefficient (Wildman–Crippen LogP) is 14.5. The lowest BCUT2D eigenvalue weighted by Crippen LogP contribution is -2.21. The van der Waals surface area contributed by atoms with Gasteiger partial charge in [-0.2, -0.15) is 0 Å². The van der Waals surface area contributed by atoms with Crippen molar-refractivity contribution in [2.75, 3.05) is 4.90 Å². The Bertz CT molecular complexity index is 2990. The maximum Gasteiger partial charge on any atom is 0.0541 e. The summed E-state index contributed by atoms with van der Waals surface area (Å²) in [7, 11) is 0. The standard InChI is InChI=1S/C54H42N2/c1-53(2)45-25-10-5-20-39(45)41-32-31-37(34-47(41)53)56(51-30-16-24-44-40-21-6-11-26-46(40)54(3,4)52(44)51)48-27-12-7-19-38(48)35-17-15-18-36(33-35)55-49-28-13-8-22-42(49)43-23-9-14-29-50(43)55/h5-34H,1-4H3. The number of benzene rings is 8. The van der Waals surface area contributed by atoms with Crippen LogP contribution in [0.25, 0.3) is 60.9 Å². The van der Waals surface area contributed by atoms with E-state index in [-0.39, 0.29) is 10.8 Å². The molecule has 11 rings (SSSR count). The molecule has 2 aliphatic carbocycles. The fraction of sp³-hybridized carbons (Fsp3) is 0.111. The SMILES string of the molecule is CC1(C)c2ccccc2-c2ccc(N(c3ccccc3-c3cccc(-n4c5ccccc5c5ccccc54)c3)c3cccc4c3C(C)(C)c3ccccc3-4)cc21. The molecule has 0 unspecified atom stereocenters. The molecule has 2 heteroatoms. The highest BCUT2D eigenvalue weighted by molar-refractivity contribution is 6.09. The van der Waals surface area contributed by atoms with Gasteiger partial charge in [0.1, 0.15) is 0 Å². The number of anilines is 3. The lowest BCUT2D eigenvalue weighted by molar-refractivity contribution is 0.658. The molecule has 0 fully saturated rings. The van der Waals surface area contributed by atoms with E-state index in [9.17, 15) is 0 Å². The minimum absolute atomic E-state index is 0.127. The molecule has 1 aromatic heterocycles. The zero-order chi connectivity index (χ0) is 37.8. The van der Waals surface area contributed by atoms with E-state index in [1.807, 2.05) is 0 Å². The normalized spacial score (nSPS) is 14.4. The Morgan fingerprint density at radius 1 is 0.393 bits per heavy atom. The van der Waals surface area contributed by atoms with Crippen LogP contribution in [0.5, 0.6) is 0 Å². The lowest BCUT2D eigenvalue weighted by Gasteiger charge is -2.34. The largest absolute Gasteiger partial charge is 0.310 e. The first kappa shape index (κ1) is 32.8. The fourth-order valence-electron chi connectivity index (χ4n) is 10.2. The second kappa shape index (κ2) is 11.9. The van der Waals surface area contributed by atoms with E-state index in [1.165, 1.54) is 83.1 Å². The summed E-state index contributed by atoms with van der Waals surface area (Å²) in [5.41, 5.74) is 19.9. The van der Waals surface area contributed by atoms with Gasteiger partial charge in [-0.3, -0.25) is 0 Å². The molecule has 0 saturated carbocycles. The van der Waals surface area contributed by atoms with Gasteiger partial charge in [0.15, 0.2) is 0 Å². The summed E-state index contributed by atoms with van der Waals surface area (Å²) in [5, 5.41) is 2.53. The highest BCUT2D eigenvalue weighted by atomic mass is 15.1. The van der Waals surface area contributed by atoms with Gasteiger partial charge in [0.25, 0.3) is 0 Å². The summed E-state index contributed by atoms with van der Waals surface area (Å²) in [6.07, 6.45) is 0. The van der Waals surface area contributed by atoms with Crippen LogP contribution in [-0.2, 0) is 10.8 Å². The van der Waals surface area contributed by atoms with Gasteiger partial charge in [-0.15, -0.1) is 0 Å². The highest BCUT2D eigenvalue weighted by Crippen LogP contribution is 2.56. The van der Waals surface area contributed by atoms with E-state index >= 15 is 0 Å². The Morgan fingerprint density at radius 2 is 0.929 bits per heavy atom. The summed E-state index contributed by atoms with van der Waals surface area (Å²) in [6.45, 7) is 9.53. The van der Waals surface area contributed by atoms with Crippen LogP contribution in [0.2, 0.25) is 0 Å². The number of para-hydroxylation sites is 3. The van der Waals surface area contributed by atoms with Crippen LogP contribution < -0.4 is 4.90 Å². The maximum atomic E-state index is 2.55. The van der Waals surface area contributed by atoms with Crippen molar-refractivity contribution >= 4 is 38.9 Å². The Morgan fingerprint density at radius 3 is 1.66 bits per heavy atom. The molecule has 0 aliphatic heterocycles. The first-order valence-electron chi connectivity index (χ1n) is 19.8. The summed E-state index contributed by atoms with van der Waals surface area (Å²) in [5.74, 6) is 0. The third-order valence-electron chi connectivity index (χ3n) is 12.8. The van der Waals surface area contributed by atoms with E-state index in [1.54, 1.807) is 0 Å². The smallest absolute Gasteiger partial charge is 0.0541 e. The summed E-state index contributed by atoms with van der Waals surface area (Å²) < 4.78 is 2.42. The number of nitrogens with zero attached hydrogens (tertiary/aromatic N) is 2. The van der Waals surface area contributed by atoms with Crippen molar-refractivity contribution in [3.63, 3.8) is 0 Å². The summed E-state index contributed by atoms with van der Waals surface area (Å²) in [4.78, 5) is 2.55. The number of fused-ring (bicyclic) bond motifs is 9. The number of hydrogen-bond donors (Lipinski definition) is 0. The summed E-state index contributed by atoms with van der Waals surface area (Å²) in [6, 6.07) is 67.5. The van der Waals surface area contributed by atoms with Gasteiger partial charge in [-0.1, -0.05) is 161 Å². The van der Waals surface area contributed by atoms with Crippen LogP contribution in [0.4, 0.5) is 17.1 Å². The average molecular weight is 719 g/mol. The van der Waals surface area contributed by atoms with E-state index in [0.29, 0.717) is 0 Å². The van der Waals surface area contributed by atoms with Crippen LogP contribution in [-0.4, -0.2) is 4.57 Å². The van der Waals surface area contributed by atoms with Gasteiger partial charge >= 0.3 is 0 Å². The van der Waals surface area contributed by atoms with Crippen molar-refractivity contribution in [1.29, 1.82) is 0 Å². The van der Waals surface area contributed by atoms with Gasteiger partial charge in [0.05, 0.1) is 22.4 Å². The molecular formula is C54H42N2. The van der Waals surface area contributed by atoms with Crippen LogP contribution in [0.15, 0.2) is 182 Å². The molecule has 0 radical (unpaired) electrons. The molecule has 0 N–H and O–H groups in total. The molecule has 0 amide bonds. The van der Waals surface area contributed by atoms with Crippen LogP contribution in [0, 0.1) is 0 Å². The van der Waals surface area contributed by atoms with Gasteiger partial charge in [0.2, 0.25) is 0 Å². The number of rotatable bonds is 5. The Labute approximate surface area is 328 Å². The minimum atomic E-state index is -0.196. The second-order valence-electron chi connectivity index (χ2n) is 16.5. The lowest BCUT2D eigenvalue weighted by atomic mass is 9.80. The Hall–Kier alpha value is -6.64. The van der Waals surface area contributed by atoms with Crippen molar-refractivity contribution in [3.8, 4) is 39.1 Å². The monoisotopic (exact) mass is 718 g/mol. The van der Waals surface area contributed by atoms with E-state index in [0.717, 1.165) is 17.1 Å². The van der Waals surface area contributed by atoms with Crippen molar-refractivity contribution < 1.29 is 0 Å². The number of aromatic nitrogens is 1. The molecule has 2 nitrogen and oxygen atoms in total. The molecule has 0 spiro atoms. The van der Waals surface area contributed by atoms with Gasteiger partial charge in [-0.05, 0) is 98.6 Å². The molecule has 268 valence electrons. The quantitative estimate of drug-likeness (QED) is 0.172. The third-order valence-corrected chi connectivity index (χ3v) is 12.8. The van der Waals surface area contributed by atoms with Crippen LogP contribution in [0.1, 0.15) is 49.9 Å². The van der Waals surface area contributed by atoms with E-state index < -0.39 is 0 Å². The number of hydrogen-bond acceptors (Lipinski definition) is 1. The Balaban J connectivity index is 1.15. The topological polar surface area (TPSA) is 8.17 Å². The van der Waals surface area contributed by atoms with Crippen molar-refractivity contribution in [1.82, 2.24) is 4.57 Å². The molecule has 9 aromatic rings. The Kier molecular flexibility index (Phi) is 6.98. The summed E-state index contributed by atoms with van der Waals surface area (Å²) >= 11 is 0. The molecule has 2 aliphatic rings. The molecule has 0 atom stereocenters. The highest BCUT2D eigenvalue weighted by Gasteiger charge is 2.40. The van der Waals surface area contributed by atoms with Gasteiger partial charge in [0, 0.05) is 38.5 Å². The molecule has 56 heavy (non-hydrogen) atoms. The van der Waals surface area contributed by atoms with E-state index in [2.05, 4.69) is 219 Å². The van der Waals surface area contributed by atoms with Crippen LogP contribution >= 0.6 is 0 Å². The molecule has 8 aromatic carbocycles. The first-order valence-corrected chi connectivity index (χ1v) is 19.8. The van der Waals surface area contributed by atoms with E-state index in [4.69, 9.17) is 0 Å².